The van der Waals surface area contributed by atoms with E-state index in [9.17, 15) is 4.79 Å². The Morgan fingerprint density at radius 3 is 2.33 bits per heavy atom. The molecule has 132 valence electrons. The van der Waals surface area contributed by atoms with Gasteiger partial charge in [-0.15, -0.1) is 0 Å². The molecule has 0 aliphatic heterocycles. The van der Waals surface area contributed by atoms with Gasteiger partial charge in [0.1, 0.15) is 5.75 Å². The van der Waals surface area contributed by atoms with Crippen LogP contribution in [0.3, 0.4) is 0 Å². The van der Waals surface area contributed by atoms with Gasteiger partial charge in [-0.2, -0.15) is 4.57 Å². The van der Waals surface area contributed by atoms with Crippen molar-refractivity contribution in [1.82, 2.24) is 0 Å². The third kappa shape index (κ3) is 3.72. The Hall–Kier alpha value is -3.46. The lowest BCUT2D eigenvalue weighted by Crippen LogP contribution is -2.42. The summed E-state index contributed by atoms with van der Waals surface area (Å²) in [6, 6.07) is 27.5. The molecule has 3 heteroatoms. The second kappa shape index (κ2) is 7.42. The molecule has 0 aliphatic rings. The van der Waals surface area contributed by atoms with Crippen molar-refractivity contribution >= 4 is 16.7 Å². The van der Waals surface area contributed by atoms with E-state index < -0.39 is 0 Å². The third-order valence-corrected chi connectivity index (χ3v) is 4.56. The number of esters is 1. The summed E-state index contributed by atoms with van der Waals surface area (Å²) in [6.45, 7) is 2.61. The molecule has 4 aromatic rings. The number of fused-ring (bicyclic) bond motifs is 1. The number of carbonyl (C=O) groups excluding carboxylic acids is 1. The molecule has 0 saturated heterocycles. The van der Waals surface area contributed by atoms with E-state index in [-0.39, 0.29) is 5.97 Å². The van der Waals surface area contributed by atoms with Gasteiger partial charge in [0.2, 0.25) is 0 Å². The van der Waals surface area contributed by atoms with E-state index >= 15 is 0 Å². The Bertz CT molecular complexity index is 1090. The molecule has 0 bridgehead atoms. The van der Waals surface area contributed by atoms with E-state index in [0.717, 1.165) is 21.9 Å². The first-order valence-corrected chi connectivity index (χ1v) is 8.95. The van der Waals surface area contributed by atoms with Gasteiger partial charge in [0.25, 0.3) is 5.69 Å². The smallest absolute Gasteiger partial charge is 0.409 e. The topological polar surface area (TPSA) is 30.2 Å². The molecule has 27 heavy (non-hydrogen) atoms. The summed E-state index contributed by atoms with van der Waals surface area (Å²) in [5.74, 6) is 0.191. The number of hydrogen-bond acceptors (Lipinski definition) is 2. The number of pyridine rings is 1. The molecule has 1 aromatic heterocycles. The molecule has 0 radical (unpaired) electrons. The van der Waals surface area contributed by atoms with Gasteiger partial charge in [-0.05, 0) is 30.5 Å². The zero-order valence-electron chi connectivity index (χ0n) is 15.1. The Balaban J connectivity index is 1.77. The normalized spacial score (nSPS) is 10.7. The molecule has 0 spiro atoms. The van der Waals surface area contributed by atoms with E-state index in [0.29, 0.717) is 18.0 Å². The minimum atomic E-state index is -0.355. The summed E-state index contributed by atoms with van der Waals surface area (Å²) < 4.78 is 7.63. The van der Waals surface area contributed by atoms with Crippen LogP contribution in [0.5, 0.6) is 5.75 Å². The lowest BCUT2D eigenvalue weighted by Gasteiger charge is -2.08. The fourth-order valence-electron chi connectivity index (χ4n) is 3.16. The summed E-state index contributed by atoms with van der Waals surface area (Å²) in [5, 5.41) is 1.89. The second-order valence-electron chi connectivity index (χ2n) is 6.57. The number of rotatable bonds is 4. The van der Waals surface area contributed by atoms with Crippen molar-refractivity contribution in [3.05, 3.63) is 108 Å². The lowest BCUT2D eigenvalue weighted by atomic mass is 10.1. The zero-order chi connectivity index (χ0) is 18.6. The van der Waals surface area contributed by atoms with Crippen LogP contribution < -0.4 is 9.30 Å². The first-order valence-electron chi connectivity index (χ1n) is 8.95. The first kappa shape index (κ1) is 17.0. The van der Waals surface area contributed by atoms with Crippen LogP contribution in [0.1, 0.15) is 21.6 Å². The third-order valence-electron chi connectivity index (χ3n) is 4.56. The van der Waals surface area contributed by atoms with E-state index in [1.165, 1.54) is 0 Å². The molecule has 0 aliphatic carbocycles. The summed E-state index contributed by atoms with van der Waals surface area (Å²) in [5.41, 5.74) is 2.80. The highest BCUT2D eigenvalue weighted by Gasteiger charge is 2.25. The monoisotopic (exact) mass is 354 g/mol. The maximum atomic E-state index is 13.1. The maximum Gasteiger partial charge on any atom is 0.409 e. The Kier molecular flexibility index (Phi) is 4.67. The summed E-state index contributed by atoms with van der Waals surface area (Å²) >= 11 is 0. The van der Waals surface area contributed by atoms with Crippen LogP contribution in [0, 0.1) is 6.92 Å². The van der Waals surface area contributed by atoms with Crippen LogP contribution in [-0.4, -0.2) is 5.97 Å². The average Bonchev–Trinajstić information content (AvgIpc) is 2.70. The van der Waals surface area contributed by atoms with Gasteiger partial charge in [-0.3, -0.25) is 0 Å². The zero-order valence-corrected chi connectivity index (χ0v) is 15.1. The molecule has 0 amide bonds. The molecular weight excluding hydrogens is 334 g/mol. The molecule has 1 heterocycles. The van der Waals surface area contributed by atoms with Crippen molar-refractivity contribution in [2.75, 3.05) is 0 Å². The van der Waals surface area contributed by atoms with Gasteiger partial charge in [0.15, 0.2) is 12.7 Å². The van der Waals surface area contributed by atoms with Crippen molar-refractivity contribution in [3.8, 4) is 5.75 Å². The quantitative estimate of drug-likeness (QED) is 0.302. The average molecular weight is 354 g/mol. The van der Waals surface area contributed by atoms with E-state index in [1.54, 1.807) is 0 Å². The van der Waals surface area contributed by atoms with Gasteiger partial charge in [-0.25, -0.2) is 4.79 Å². The Morgan fingerprint density at radius 2 is 1.56 bits per heavy atom. The highest BCUT2D eigenvalue weighted by Crippen LogP contribution is 2.19. The van der Waals surface area contributed by atoms with Crippen molar-refractivity contribution in [1.29, 1.82) is 0 Å². The van der Waals surface area contributed by atoms with Crippen LogP contribution in [0.25, 0.3) is 10.8 Å². The predicted octanol–water partition coefficient (Wildman–Crippen LogP) is 4.70. The lowest BCUT2D eigenvalue weighted by molar-refractivity contribution is -0.689. The standard InChI is InChI=1S/C24H20NO2/c1-18-11-13-21(14-12-18)27-24(26)23-22-10-6-5-9-20(22)15-16-25(23)17-19-7-3-2-4-8-19/h2-16H,17H2,1H3/q+1. The molecule has 0 atom stereocenters. The number of carbonyl (C=O) groups is 1. The van der Waals surface area contributed by atoms with Crippen molar-refractivity contribution in [3.63, 3.8) is 0 Å². The summed E-state index contributed by atoms with van der Waals surface area (Å²) in [7, 11) is 0. The Labute approximate surface area is 158 Å². The second-order valence-corrected chi connectivity index (χ2v) is 6.57. The Morgan fingerprint density at radius 1 is 0.852 bits per heavy atom. The number of aryl methyl sites for hydroxylation is 1. The van der Waals surface area contributed by atoms with Gasteiger partial charge in [-0.1, -0.05) is 66.2 Å². The van der Waals surface area contributed by atoms with Crippen molar-refractivity contribution in [2.24, 2.45) is 0 Å². The highest BCUT2D eigenvalue weighted by atomic mass is 16.5. The van der Waals surface area contributed by atoms with Crippen LogP contribution in [-0.2, 0) is 6.54 Å². The van der Waals surface area contributed by atoms with E-state index in [2.05, 4.69) is 12.1 Å². The number of nitrogens with zero attached hydrogens (tertiary/aromatic N) is 1. The van der Waals surface area contributed by atoms with Crippen molar-refractivity contribution < 1.29 is 14.1 Å². The first-order chi connectivity index (χ1) is 13.2. The van der Waals surface area contributed by atoms with Crippen LogP contribution >= 0.6 is 0 Å². The molecule has 0 saturated carbocycles. The number of hydrogen-bond donors (Lipinski definition) is 0. The molecule has 0 unspecified atom stereocenters. The van der Waals surface area contributed by atoms with Gasteiger partial charge >= 0.3 is 5.97 Å². The van der Waals surface area contributed by atoms with Crippen LogP contribution in [0.4, 0.5) is 0 Å². The molecular formula is C24H20NO2+. The molecule has 3 aromatic carbocycles. The maximum absolute atomic E-state index is 13.1. The minimum Gasteiger partial charge on any atom is -0.419 e. The molecule has 0 N–H and O–H groups in total. The highest BCUT2D eigenvalue weighted by molar-refractivity contribution is 6.01. The van der Waals surface area contributed by atoms with Gasteiger partial charge in [0.05, 0.1) is 5.39 Å². The summed E-state index contributed by atoms with van der Waals surface area (Å²) in [4.78, 5) is 13.1. The fourth-order valence-corrected chi connectivity index (χ4v) is 3.16. The molecule has 3 nitrogen and oxygen atoms in total. The predicted molar refractivity (Wildman–Crippen MR) is 106 cm³/mol. The molecule has 4 rings (SSSR count). The van der Waals surface area contributed by atoms with Crippen LogP contribution in [0.2, 0.25) is 0 Å². The fraction of sp³-hybridized carbons (Fsp3) is 0.0833. The van der Waals surface area contributed by atoms with Crippen LogP contribution in [0.15, 0.2) is 91.1 Å². The number of ether oxygens (including phenoxy) is 1. The van der Waals surface area contributed by atoms with E-state index in [1.807, 2.05) is 90.5 Å². The SMILES string of the molecule is Cc1ccc(OC(=O)c2c3ccccc3cc[n+]2Cc2ccccc2)cc1. The minimum absolute atomic E-state index is 0.355. The number of benzene rings is 3. The van der Waals surface area contributed by atoms with Crippen molar-refractivity contribution in [2.45, 2.75) is 13.5 Å². The van der Waals surface area contributed by atoms with E-state index in [4.69, 9.17) is 4.74 Å². The molecule has 0 fully saturated rings. The van der Waals surface area contributed by atoms with Gasteiger partial charge in [0, 0.05) is 11.6 Å². The summed E-state index contributed by atoms with van der Waals surface area (Å²) in [6.07, 6.45) is 1.95. The largest absolute Gasteiger partial charge is 0.419 e. The van der Waals surface area contributed by atoms with Gasteiger partial charge < -0.3 is 4.74 Å². The number of aromatic nitrogens is 1.